The molecule has 4 N–H and O–H groups in total. The molecule has 0 amide bonds. The highest BCUT2D eigenvalue weighted by molar-refractivity contribution is 5.28. The summed E-state index contributed by atoms with van der Waals surface area (Å²) in [7, 11) is 0. The van der Waals surface area contributed by atoms with E-state index in [1.54, 1.807) is 12.1 Å². The van der Waals surface area contributed by atoms with Crippen molar-refractivity contribution in [2.24, 2.45) is 0 Å². The van der Waals surface area contributed by atoms with Gasteiger partial charge in [-0.2, -0.15) is 0 Å². The molecule has 7 nitrogen and oxygen atoms in total. The van der Waals surface area contributed by atoms with E-state index in [2.05, 4.69) is 13.5 Å². The van der Waals surface area contributed by atoms with Gasteiger partial charge in [0, 0.05) is 6.61 Å². The van der Waals surface area contributed by atoms with Crippen molar-refractivity contribution in [2.75, 3.05) is 13.2 Å². The minimum absolute atomic E-state index is 0.0455. The van der Waals surface area contributed by atoms with E-state index in [9.17, 15) is 20.4 Å². The molecular weight excluding hydrogens is 376 g/mol. The first kappa shape index (κ1) is 23.8. The molecule has 0 aromatic heterocycles. The fourth-order valence-corrected chi connectivity index (χ4v) is 3.38. The van der Waals surface area contributed by atoms with Crippen LogP contribution in [0.4, 0.5) is 0 Å². The van der Waals surface area contributed by atoms with Crippen molar-refractivity contribution in [3.8, 4) is 5.75 Å². The first-order chi connectivity index (χ1) is 14.0. The second-order valence-electron chi connectivity index (χ2n) is 7.34. The van der Waals surface area contributed by atoms with Gasteiger partial charge in [0.25, 0.3) is 0 Å². The van der Waals surface area contributed by atoms with Crippen LogP contribution in [0.5, 0.6) is 5.75 Å². The number of allylic oxidation sites excluding steroid dienone is 1. The van der Waals surface area contributed by atoms with Crippen molar-refractivity contribution in [1.29, 1.82) is 0 Å². The van der Waals surface area contributed by atoms with Gasteiger partial charge in [-0.15, -0.1) is 6.58 Å². The van der Waals surface area contributed by atoms with Gasteiger partial charge in [0.15, 0.2) is 0 Å². The van der Waals surface area contributed by atoms with Gasteiger partial charge in [0.1, 0.15) is 30.2 Å². The van der Waals surface area contributed by atoms with Gasteiger partial charge >= 0.3 is 0 Å². The lowest BCUT2D eigenvalue weighted by atomic mass is 9.98. The molecule has 6 unspecified atom stereocenters. The summed E-state index contributed by atoms with van der Waals surface area (Å²) in [6.45, 7) is 5.27. The molecule has 1 aromatic rings. The Morgan fingerprint density at radius 2 is 1.86 bits per heavy atom. The van der Waals surface area contributed by atoms with Crippen LogP contribution in [-0.2, 0) is 15.9 Å². The lowest BCUT2D eigenvalue weighted by Crippen LogP contribution is -2.61. The number of hydrogen-bond donors (Lipinski definition) is 4. The normalized spacial score (nSPS) is 28.1. The maximum atomic E-state index is 10.6. The number of benzene rings is 1. The summed E-state index contributed by atoms with van der Waals surface area (Å²) in [4.78, 5) is 0. The first-order valence-corrected chi connectivity index (χ1v) is 10.3. The molecule has 0 bridgehead atoms. The van der Waals surface area contributed by atoms with Crippen LogP contribution < -0.4 is 4.74 Å². The number of hydrogen-bond acceptors (Lipinski definition) is 7. The predicted octanol–water partition coefficient (Wildman–Crippen LogP) is 1.56. The minimum atomic E-state index is -1.30. The summed E-state index contributed by atoms with van der Waals surface area (Å²) in [5.41, 5.74) is 1.08. The molecule has 0 aliphatic carbocycles. The molecule has 2 rings (SSSR count). The van der Waals surface area contributed by atoms with Crippen LogP contribution in [0.15, 0.2) is 36.9 Å². The average molecular weight is 411 g/mol. The molecule has 29 heavy (non-hydrogen) atoms. The van der Waals surface area contributed by atoms with Gasteiger partial charge in [-0.3, -0.25) is 0 Å². The SMILES string of the molecule is C=CCc1ccc(OC2OC(CO)C(O)C(O)C2OC(CCO)CCCC)cc1. The van der Waals surface area contributed by atoms with E-state index in [1.165, 1.54) is 0 Å². The summed E-state index contributed by atoms with van der Waals surface area (Å²) in [5, 5.41) is 39.7. The van der Waals surface area contributed by atoms with E-state index in [0.29, 0.717) is 18.6 Å². The van der Waals surface area contributed by atoms with Crippen molar-refractivity contribution < 1.29 is 34.6 Å². The lowest BCUT2D eigenvalue weighted by Gasteiger charge is -2.43. The molecule has 7 heteroatoms. The largest absolute Gasteiger partial charge is 0.462 e. The Labute approximate surface area is 172 Å². The monoisotopic (exact) mass is 410 g/mol. The Kier molecular flexibility index (Phi) is 10.1. The lowest BCUT2D eigenvalue weighted by molar-refractivity contribution is -0.296. The Morgan fingerprint density at radius 3 is 2.45 bits per heavy atom. The predicted molar refractivity (Wildman–Crippen MR) is 109 cm³/mol. The third-order valence-electron chi connectivity index (χ3n) is 5.06. The van der Waals surface area contributed by atoms with Gasteiger partial charge in [0.05, 0.1) is 12.7 Å². The molecular formula is C22H34O7. The molecule has 1 fully saturated rings. The van der Waals surface area contributed by atoms with Crippen LogP contribution in [-0.4, -0.2) is 70.4 Å². The van der Waals surface area contributed by atoms with Crippen LogP contribution in [0.25, 0.3) is 0 Å². The number of unbranched alkanes of at least 4 members (excludes halogenated alkanes) is 1. The summed E-state index contributed by atoms with van der Waals surface area (Å²) < 4.78 is 17.7. The van der Waals surface area contributed by atoms with Gasteiger partial charge in [0.2, 0.25) is 6.29 Å². The number of rotatable bonds is 12. The van der Waals surface area contributed by atoms with E-state index in [4.69, 9.17) is 14.2 Å². The maximum Gasteiger partial charge on any atom is 0.229 e. The highest BCUT2D eigenvalue weighted by atomic mass is 16.7. The quantitative estimate of drug-likeness (QED) is 0.387. The maximum absolute atomic E-state index is 10.6. The van der Waals surface area contributed by atoms with Gasteiger partial charge < -0.3 is 34.6 Å². The topological polar surface area (TPSA) is 109 Å². The molecule has 164 valence electrons. The Hall–Kier alpha value is -1.48. The van der Waals surface area contributed by atoms with Crippen LogP contribution >= 0.6 is 0 Å². The van der Waals surface area contributed by atoms with E-state index >= 15 is 0 Å². The zero-order chi connectivity index (χ0) is 21.2. The molecule has 0 radical (unpaired) electrons. The number of aliphatic hydroxyl groups is 4. The van der Waals surface area contributed by atoms with Crippen LogP contribution in [0.3, 0.4) is 0 Å². The van der Waals surface area contributed by atoms with Crippen LogP contribution in [0, 0.1) is 0 Å². The number of ether oxygens (including phenoxy) is 3. The standard InChI is InChI=1S/C22H34O7/c1-3-5-7-16(12-13-23)27-21-20(26)19(25)18(14-24)29-22(21)28-17-10-8-15(6-4-2)9-11-17/h4,8-11,16,18-26H,2-3,5-7,12-14H2,1H3. The second-order valence-corrected chi connectivity index (χ2v) is 7.34. The summed E-state index contributed by atoms with van der Waals surface area (Å²) >= 11 is 0. The molecule has 1 saturated heterocycles. The minimum Gasteiger partial charge on any atom is -0.462 e. The van der Waals surface area contributed by atoms with E-state index < -0.39 is 37.3 Å². The van der Waals surface area contributed by atoms with Gasteiger partial charge in [-0.25, -0.2) is 0 Å². The second kappa shape index (κ2) is 12.3. The fraction of sp³-hybridized carbons (Fsp3) is 0.636. The molecule has 6 atom stereocenters. The third kappa shape index (κ3) is 6.77. The fourth-order valence-electron chi connectivity index (χ4n) is 3.38. The molecule has 0 spiro atoms. The van der Waals surface area contributed by atoms with E-state index in [0.717, 1.165) is 24.8 Å². The third-order valence-corrected chi connectivity index (χ3v) is 5.06. The smallest absolute Gasteiger partial charge is 0.229 e. The van der Waals surface area contributed by atoms with Gasteiger partial charge in [-0.1, -0.05) is 38.0 Å². The Bertz CT molecular complexity index is 591. The average Bonchev–Trinajstić information content (AvgIpc) is 2.73. The van der Waals surface area contributed by atoms with Gasteiger partial charge in [-0.05, 0) is 37.0 Å². The van der Waals surface area contributed by atoms with Crippen molar-refractivity contribution in [3.05, 3.63) is 42.5 Å². The highest BCUT2D eigenvalue weighted by Crippen LogP contribution is 2.28. The zero-order valence-electron chi connectivity index (χ0n) is 17.0. The zero-order valence-corrected chi connectivity index (χ0v) is 17.0. The Balaban J connectivity index is 2.17. The number of aliphatic hydroxyl groups excluding tert-OH is 4. The first-order valence-electron chi connectivity index (χ1n) is 10.3. The summed E-state index contributed by atoms with van der Waals surface area (Å²) in [6.07, 6.45) is -0.317. The molecule has 1 heterocycles. The molecule has 0 saturated carbocycles. The molecule has 1 aromatic carbocycles. The van der Waals surface area contributed by atoms with E-state index in [-0.39, 0.29) is 12.7 Å². The summed E-state index contributed by atoms with van der Waals surface area (Å²) in [5.74, 6) is 0.518. The molecule has 1 aliphatic rings. The highest BCUT2D eigenvalue weighted by Gasteiger charge is 2.47. The van der Waals surface area contributed by atoms with Crippen molar-refractivity contribution >= 4 is 0 Å². The van der Waals surface area contributed by atoms with Crippen LogP contribution in [0.2, 0.25) is 0 Å². The van der Waals surface area contributed by atoms with Crippen molar-refractivity contribution in [2.45, 2.75) is 75.8 Å². The summed E-state index contributed by atoms with van der Waals surface area (Å²) in [6, 6.07) is 7.38. The van der Waals surface area contributed by atoms with Crippen molar-refractivity contribution in [3.63, 3.8) is 0 Å². The van der Waals surface area contributed by atoms with Crippen molar-refractivity contribution in [1.82, 2.24) is 0 Å². The van der Waals surface area contributed by atoms with Crippen LogP contribution in [0.1, 0.15) is 38.2 Å². The van der Waals surface area contributed by atoms with E-state index in [1.807, 2.05) is 18.2 Å². The molecule has 1 aliphatic heterocycles. The Morgan fingerprint density at radius 1 is 1.14 bits per heavy atom.